The molecule has 3 heterocycles. The fraction of sp³-hybridized carbons (Fsp3) is 0.353. The number of likely N-dealkylation sites (N-methyl/N-ethyl adjacent to an activating group) is 1. The maximum absolute atomic E-state index is 12.3. The summed E-state index contributed by atoms with van der Waals surface area (Å²) in [5.41, 5.74) is 1.67. The lowest BCUT2D eigenvalue weighted by Gasteiger charge is -2.32. The molecule has 6 heteroatoms. The van der Waals surface area contributed by atoms with Gasteiger partial charge >= 0.3 is 0 Å². The molecule has 0 aliphatic carbocycles. The van der Waals surface area contributed by atoms with Crippen molar-refractivity contribution in [1.29, 1.82) is 0 Å². The van der Waals surface area contributed by atoms with Crippen molar-refractivity contribution in [2.45, 2.75) is 6.54 Å². The van der Waals surface area contributed by atoms with Gasteiger partial charge in [0.15, 0.2) is 0 Å². The van der Waals surface area contributed by atoms with Crippen molar-refractivity contribution in [3.8, 4) is 0 Å². The second-order valence-electron chi connectivity index (χ2n) is 6.20. The number of piperazine rings is 1. The van der Waals surface area contributed by atoms with Gasteiger partial charge in [0.1, 0.15) is 12.0 Å². The van der Waals surface area contributed by atoms with Crippen LogP contribution in [0.2, 0.25) is 0 Å². The first-order valence-corrected chi connectivity index (χ1v) is 7.86. The van der Waals surface area contributed by atoms with Gasteiger partial charge in [0.25, 0.3) is 5.56 Å². The minimum Gasteiger partial charge on any atom is -0.306 e. The van der Waals surface area contributed by atoms with E-state index in [2.05, 4.69) is 37.9 Å². The zero-order valence-corrected chi connectivity index (χ0v) is 13.1. The van der Waals surface area contributed by atoms with E-state index in [1.165, 1.54) is 11.9 Å². The van der Waals surface area contributed by atoms with Gasteiger partial charge in [0.2, 0.25) is 0 Å². The largest absolute Gasteiger partial charge is 0.306 e. The number of hydrogen-bond donors (Lipinski definition) is 1. The fourth-order valence-corrected chi connectivity index (χ4v) is 3.18. The van der Waals surface area contributed by atoms with Crippen LogP contribution >= 0.6 is 0 Å². The monoisotopic (exact) mass is 309 g/mol. The van der Waals surface area contributed by atoms with Crippen LogP contribution in [-0.4, -0.2) is 58.0 Å². The minimum atomic E-state index is -0.0913. The van der Waals surface area contributed by atoms with Gasteiger partial charge in [-0.1, -0.05) is 12.1 Å². The molecule has 0 atom stereocenters. The van der Waals surface area contributed by atoms with Crippen LogP contribution in [0.3, 0.4) is 0 Å². The average Bonchev–Trinajstić information content (AvgIpc) is 2.57. The van der Waals surface area contributed by atoms with E-state index in [4.69, 9.17) is 0 Å². The molecule has 0 spiro atoms. The van der Waals surface area contributed by atoms with Crippen molar-refractivity contribution in [3.05, 3.63) is 46.6 Å². The van der Waals surface area contributed by atoms with Crippen LogP contribution < -0.4 is 5.56 Å². The molecule has 1 aliphatic rings. The summed E-state index contributed by atoms with van der Waals surface area (Å²) in [6, 6.07) is 6.12. The molecule has 0 unspecified atom stereocenters. The molecule has 6 nitrogen and oxygen atoms in total. The summed E-state index contributed by atoms with van der Waals surface area (Å²) in [5, 5.41) is 2.50. The predicted octanol–water partition coefficient (Wildman–Crippen LogP) is 1.22. The SMILES string of the molecule is CN1CCN(Cc2ccc3c(c2)c(=O)[nH]c2ncncc23)CC1. The normalized spacial score (nSPS) is 17.1. The van der Waals surface area contributed by atoms with Crippen LogP contribution in [-0.2, 0) is 6.54 Å². The van der Waals surface area contributed by atoms with Gasteiger partial charge in [-0.15, -0.1) is 0 Å². The van der Waals surface area contributed by atoms with Crippen molar-refractivity contribution in [2.75, 3.05) is 33.2 Å². The van der Waals surface area contributed by atoms with Gasteiger partial charge in [-0.2, -0.15) is 0 Å². The van der Waals surface area contributed by atoms with E-state index in [0.29, 0.717) is 11.0 Å². The number of nitrogens with one attached hydrogen (secondary N) is 1. The summed E-state index contributed by atoms with van der Waals surface area (Å²) in [5.74, 6) is 0. The second kappa shape index (κ2) is 5.72. The third kappa shape index (κ3) is 2.71. The number of fused-ring (bicyclic) bond motifs is 3. The van der Waals surface area contributed by atoms with E-state index < -0.39 is 0 Å². The lowest BCUT2D eigenvalue weighted by molar-refractivity contribution is 0.148. The molecule has 3 aromatic rings. The summed E-state index contributed by atoms with van der Waals surface area (Å²) in [6.07, 6.45) is 3.20. The van der Waals surface area contributed by atoms with E-state index in [9.17, 15) is 4.79 Å². The van der Waals surface area contributed by atoms with E-state index in [1.807, 2.05) is 12.1 Å². The summed E-state index contributed by atoms with van der Waals surface area (Å²) in [6.45, 7) is 5.20. The average molecular weight is 309 g/mol. The molecule has 1 saturated heterocycles. The maximum Gasteiger partial charge on any atom is 0.257 e. The molecule has 1 fully saturated rings. The molecule has 1 aromatic carbocycles. The zero-order chi connectivity index (χ0) is 15.8. The second-order valence-corrected chi connectivity index (χ2v) is 6.20. The van der Waals surface area contributed by atoms with Crippen molar-refractivity contribution in [1.82, 2.24) is 24.8 Å². The smallest absolute Gasteiger partial charge is 0.257 e. The van der Waals surface area contributed by atoms with Crippen LogP contribution in [0.4, 0.5) is 0 Å². The third-order valence-corrected chi connectivity index (χ3v) is 4.57. The Morgan fingerprint density at radius 2 is 1.96 bits per heavy atom. The van der Waals surface area contributed by atoms with E-state index in [-0.39, 0.29) is 5.56 Å². The molecule has 1 N–H and O–H groups in total. The number of aromatic amines is 1. The highest BCUT2D eigenvalue weighted by atomic mass is 16.1. The Morgan fingerprint density at radius 1 is 1.13 bits per heavy atom. The van der Waals surface area contributed by atoms with Crippen LogP contribution in [0.15, 0.2) is 35.5 Å². The fourth-order valence-electron chi connectivity index (χ4n) is 3.18. The molecule has 0 bridgehead atoms. The lowest BCUT2D eigenvalue weighted by Crippen LogP contribution is -2.43. The minimum absolute atomic E-state index is 0.0913. The van der Waals surface area contributed by atoms with Crippen molar-refractivity contribution in [3.63, 3.8) is 0 Å². The zero-order valence-electron chi connectivity index (χ0n) is 13.1. The molecular weight excluding hydrogens is 290 g/mol. The molecule has 0 saturated carbocycles. The Balaban J connectivity index is 1.72. The van der Waals surface area contributed by atoms with Crippen molar-refractivity contribution >= 4 is 21.8 Å². The van der Waals surface area contributed by atoms with Gasteiger partial charge in [0.05, 0.1) is 0 Å². The molecule has 4 rings (SSSR count). The predicted molar refractivity (Wildman–Crippen MR) is 90.4 cm³/mol. The number of pyridine rings is 1. The molecule has 0 amide bonds. The highest BCUT2D eigenvalue weighted by molar-refractivity contribution is 6.03. The Morgan fingerprint density at radius 3 is 2.78 bits per heavy atom. The van der Waals surface area contributed by atoms with E-state index in [1.54, 1.807) is 6.20 Å². The van der Waals surface area contributed by atoms with Crippen molar-refractivity contribution < 1.29 is 0 Å². The molecule has 2 aromatic heterocycles. The molecule has 118 valence electrons. The quantitative estimate of drug-likeness (QED) is 0.721. The van der Waals surface area contributed by atoms with Crippen LogP contribution in [0.1, 0.15) is 5.56 Å². The highest BCUT2D eigenvalue weighted by Gasteiger charge is 2.14. The van der Waals surface area contributed by atoms with Crippen LogP contribution in [0.25, 0.3) is 21.8 Å². The van der Waals surface area contributed by atoms with Crippen LogP contribution in [0.5, 0.6) is 0 Å². The highest BCUT2D eigenvalue weighted by Crippen LogP contribution is 2.21. The Bertz CT molecular complexity index is 912. The van der Waals surface area contributed by atoms with Crippen molar-refractivity contribution in [2.24, 2.45) is 0 Å². The first kappa shape index (κ1) is 14.3. The summed E-state index contributed by atoms with van der Waals surface area (Å²) in [4.78, 5) is 28.2. The van der Waals surface area contributed by atoms with E-state index in [0.717, 1.165) is 43.5 Å². The van der Waals surface area contributed by atoms with Gasteiger partial charge < -0.3 is 9.88 Å². The molecule has 1 aliphatic heterocycles. The lowest BCUT2D eigenvalue weighted by atomic mass is 10.1. The number of rotatable bonds is 2. The summed E-state index contributed by atoms with van der Waals surface area (Å²) in [7, 11) is 2.15. The molecule has 23 heavy (non-hydrogen) atoms. The number of aromatic nitrogens is 3. The number of nitrogens with zero attached hydrogens (tertiary/aromatic N) is 4. The first-order valence-electron chi connectivity index (χ1n) is 7.86. The Labute approximate surface area is 133 Å². The first-order chi connectivity index (χ1) is 11.2. The summed E-state index contributed by atoms with van der Waals surface area (Å²) >= 11 is 0. The number of hydrogen-bond acceptors (Lipinski definition) is 5. The standard InChI is InChI=1S/C17H19N5O/c1-21-4-6-22(7-5-21)10-12-2-3-13-14(8-12)17(23)20-16-15(13)9-18-11-19-16/h2-3,8-9,11H,4-7,10H2,1H3,(H,18,19,20,23). The van der Waals surface area contributed by atoms with Gasteiger partial charge in [-0.25, -0.2) is 9.97 Å². The van der Waals surface area contributed by atoms with E-state index >= 15 is 0 Å². The topological polar surface area (TPSA) is 65.1 Å². The third-order valence-electron chi connectivity index (χ3n) is 4.57. The Hall–Kier alpha value is -2.31. The Kier molecular flexibility index (Phi) is 3.55. The van der Waals surface area contributed by atoms with Gasteiger partial charge in [-0.3, -0.25) is 9.69 Å². The summed E-state index contributed by atoms with van der Waals surface area (Å²) < 4.78 is 0. The van der Waals surface area contributed by atoms with Crippen LogP contribution in [0, 0.1) is 0 Å². The number of benzene rings is 1. The maximum atomic E-state index is 12.3. The van der Waals surface area contributed by atoms with Gasteiger partial charge in [-0.05, 0) is 24.1 Å². The molecule has 0 radical (unpaired) electrons. The number of H-pyrrole nitrogens is 1. The van der Waals surface area contributed by atoms with Gasteiger partial charge in [0, 0.05) is 49.7 Å². The molecular formula is C17H19N5O.